The number of pyridine rings is 1. The number of aryl methyl sites for hydroxylation is 2. The quantitative estimate of drug-likeness (QED) is 0.761. The molecule has 3 aromatic heterocycles. The molecule has 0 aromatic carbocycles. The molecule has 3 heterocycles. The summed E-state index contributed by atoms with van der Waals surface area (Å²) in [7, 11) is 0. The molecule has 0 saturated carbocycles. The summed E-state index contributed by atoms with van der Waals surface area (Å²) in [5, 5.41) is 17.2. The molecule has 6 nitrogen and oxygen atoms in total. The molecule has 3 rings (SSSR count). The standard InChI is InChI=1S/C13H11N3O3/c1-7-5-10(8(2)19-7)12-15-14-11-4-3-9(13(17)18)6-16(11)12/h3-6H,1-2H3,(H,17,18). The van der Waals surface area contributed by atoms with Gasteiger partial charge in [0.1, 0.15) is 11.5 Å². The van der Waals surface area contributed by atoms with Gasteiger partial charge in [-0.3, -0.25) is 4.40 Å². The highest BCUT2D eigenvalue weighted by Gasteiger charge is 2.15. The molecule has 0 atom stereocenters. The van der Waals surface area contributed by atoms with Crippen LogP contribution < -0.4 is 0 Å². The third-order valence-electron chi connectivity index (χ3n) is 2.93. The molecule has 0 aliphatic heterocycles. The molecular weight excluding hydrogens is 246 g/mol. The van der Waals surface area contributed by atoms with Crippen molar-refractivity contribution >= 4 is 11.6 Å². The van der Waals surface area contributed by atoms with E-state index in [0.717, 1.165) is 17.1 Å². The van der Waals surface area contributed by atoms with Gasteiger partial charge in [0.05, 0.1) is 11.1 Å². The molecule has 3 aromatic rings. The number of carboxylic acid groups (broad SMARTS) is 1. The molecule has 0 spiro atoms. The number of carbonyl (C=O) groups is 1. The van der Waals surface area contributed by atoms with Crippen LogP contribution in [0.5, 0.6) is 0 Å². The third-order valence-corrected chi connectivity index (χ3v) is 2.93. The lowest BCUT2D eigenvalue weighted by Gasteiger charge is -2.00. The lowest BCUT2D eigenvalue weighted by Crippen LogP contribution is -1.99. The first-order valence-electron chi connectivity index (χ1n) is 5.72. The number of rotatable bonds is 2. The Labute approximate surface area is 108 Å². The van der Waals surface area contributed by atoms with Crippen LogP contribution in [0.3, 0.4) is 0 Å². The van der Waals surface area contributed by atoms with E-state index in [-0.39, 0.29) is 5.56 Å². The van der Waals surface area contributed by atoms with E-state index < -0.39 is 5.97 Å². The van der Waals surface area contributed by atoms with Crippen molar-refractivity contribution in [1.29, 1.82) is 0 Å². The van der Waals surface area contributed by atoms with Crippen molar-refractivity contribution in [2.45, 2.75) is 13.8 Å². The second kappa shape index (κ2) is 3.94. The van der Waals surface area contributed by atoms with Crippen LogP contribution in [0.1, 0.15) is 21.9 Å². The summed E-state index contributed by atoms with van der Waals surface area (Å²) in [6.45, 7) is 3.69. The molecule has 6 heteroatoms. The van der Waals surface area contributed by atoms with E-state index >= 15 is 0 Å². The van der Waals surface area contributed by atoms with E-state index in [2.05, 4.69) is 10.2 Å². The van der Waals surface area contributed by atoms with Crippen LogP contribution in [0.4, 0.5) is 0 Å². The zero-order valence-corrected chi connectivity index (χ0v) is 10.4. The number of hydrogen-bond donors (Lipinski definition) is 1. The van der Waals surface area contributed by atoms with E-state index in [1.807, 2.05) is 19.9 Å². The second-order valence-electron chi connectivity index (χ2n) is 4.30. The summed E-state index contributed by atoms with van der Waals surface area (Å²) in [5.74, 6) is 1.10. The van der Waals surface area contributed by atoms with Gasteiger partial charge in [0.25, 0.3) is 0 Å². The Hall–Kier alpha value is -2.63. The summed E-state index contributed by atoms with van der Waals surface area (Å²) < 4.78 is 7.12. The summed E-state index contributed by atoms with van der Waals surface area (Å²) >= 11 is 0. The predicted octanol–water partition coefficient (Wildman–Crippen LogP) is 2.30. The van der Waals surface area contributed by atoms with E-state index in [9.17, 15) is 4.79 Å². The van der Waals surface area contributed by atoms with E-state index in [0.29, 0.717) is 11.5 Å². The van der Waals surface area contributed by atoms with Crippen LogP contribution in [0.15, 0.2) is 28.8 Å². The molecule has 0 aliphatic carbocycles. The fourth-order valence-corrected chi connectivity index (χ4v) is 2.05. The van der Waals surface area contributed by atoms with Crippen molar-refractivity contribution in [1.82, 2.24) is 14.6 Å². The summed E-state index contributed by atoms with van der Waals surface area (Å²) in [6.07, 6.45) is 1.51. The Morgan fingerprint density at radius 1 is 1.32 bits per heavy atom. The Bertz CT molecular complexity index is 786. The highest BCUT2D eigenvalue weighted by Crippen LogP contribution is 2.25. The van der Waals surface area contributed by atoms with Gasteiger partial charge in [0.15, 0.2) is 11.5 Å². The molecule has 19 heavy (non-hydrogen) atoms. The minimum absolute atomic E-state index is 0.186. The molecule has 0 radical (unpaired) electrons. The van der Waals surface area contributed by atoms with Gasteiger partial charge in [-0.2, -0.15) is 0 Å². The Morgan fingerprint density at radius 2 is 2.11 bits per heavy atom. The van der Waals surface area contributed by atoms with Crippen LogP contribution in [0.25, 0.3) is 17.0 Å². The average Bonchev–Trinajstić information content (AvgIpc) is 2.91. The molecule has 96 valence electrons. The monoisotopic (exact) mass is 257 g/mol. The SMILES string of the molecule is Cc1cc(-c2nnc3ccc(C(=O)O)cn23)c(C)o1. The van der Waals surface area contributed by atoms with E-state index in [4.69, 9.17) is 9.52 Å². The number of fused-ring (bicyclic) bond motifs is 1. The van der Waals surface area contributed by atoms with E-state index in [1.165, 1.54) is 12.3 Å². The second-order valence-corrected chi connectivity index (χ2v) is 4.30. The zero-order valence-electron chi connectivity index (χ0n) is 10.4. The molecule has 0 aliphatic rings. The van der Waals surface area contributed by atoms with Crippen molar-refractivity contribution in [3.05, 3.63) is 41.5 Å². The van der Waals surface area contributed by atoms with Crippen molar-refractivity contribution in [2.75, 3.05) is 0 Å². The Morgan fingerprint density at radius 3 is 2.74 bits per heavy atom. The number of hydrogen-bond acceptors (Lipinski definition) is 4. The van der Waals surface area contributed by atoms with Gasteiger partial charge in [-0.25, -0.2) is 4.79 Å². The summed E-state index contributed by atoms with van der Waals surface area (Å²) in [4.78, 5) is 11.0. The lowest BCUT2D eigenvalue weighted by atomic mass is 10.2. The van der Waals surface area contributed by atoms with Crippen molar-refractivity contribution in [2.24, 2.45) is 0 Å². The Kier molecular flexibility index (Phi) is 2.38. The largest absolute Gasteiger partial charge is 0.478 e. The fraction of sp³-hybridized carbons (Fsp3) is 0.154. The van der Waals surface area contributed by atoms with Crippen LogP contribution in [0.2, 0.25) is 0 Å². The molecular formula is C13H11N3O3. The summed E-state index contributed by atoms with van der Waals surface area (Å²) in [6, 6.07) is 4.99. The van der Waals surface area contributed by atoms with Gasteiger partial charge < -0.3 is 9.52 Å². The first-order valence-corrected chi connectivity index (χ1v) is 5.72. The van der Waals surface area contributed by atoms with Gasteiger partial charge in [0.2, 0.25) is 0 Å². The maximum Gasteiger partial charge on any atom is 0.337 e. The third kappa shape index (κ3) is 1.77. The van der Waals surface area contributed by atoms with Crippen LogP contribution in [0, 0.1) is 13.8 Å². The number of furan rings is 1. The van der Waals surface area contributed by atoms with Gasteiger partial charge in [-0.05, 0) is 32.0 Å². The van der Waals surface area contributed by atoms with Crippen LogP contribution in [-0.4, -0.2) is 25.7 Å². The molecule has 0 bridgehead atoms. The van der Waals surface area contributed by atoms with Crippen molar-refractivity contribution in [3.63, 3.8) is 0 Å². The maximum atomic E-state index is 11.0. The number of aromatic carboxylic acids is 1. The number of nitrogens with zero attached hydrogens (tertiary/aromatic N) is 3. The van der Waals surface area contributed by atoms with Crippen LogP contribution in [-0.2, 0) is 0 Å². The minimum Gasteiger partial charge on any atom is -0.478 e. The molecule has 1 N–H and O–H groups in total. The molecule has 0 fully saturated rings. The first kappa shape index (κ1) is 11.5. The van der Waals surface area contributed by atoms with Crippen LogP contribution >= 0.6 is 0 Å². The first-order chi connectivity index (χ1) is 9.06. The molecule has 0 amide bonds. The van der Waals surface area contributed by atoms with Crippen molar-refractivity contribution in [3.8, 4) is 11.4 Å². The van der Waals surface area contributed by atoms with Gasteiger partial charge in [0, 0.05) is 6.20 Å². The molecule has 0 saturated heterocycles. The molecule has 0 unspecified atom stereocenters. The fourth-order valence-electron chi connectivity index (χ4n) is 2.05. The topological polar surface area (TPSA) is 80.6 Å². The van der Waals surface area contributed by atoms with Crippen molar-refractivity contribution < 1.29 is 14.3 Å². The van der Waals surface area contributed by atoms with Gasteiger partial charge in [-0.1, -0.05) is 0 Å². The maximum absolute atomic E-state index is 11.0. The highest BCUT2D eigenvalue weighted by atomic mass is 16.4. The highest BCUT2D eigenvalue weighted by molar-refractivity contribution is 5.87. The Balaban J connectivity index is 2.27. The van der Waals surface area contributed by atoms with Gasteiger partial charge >= 0.3 is 5.97 Å². The number of aromatic nitrogens is 3. The zero-order chi connectivity index (χ0) is 13.6. The minimum atomic E-state index is -0.985. The summed E-state index contributed by atoms with van der Waals surface area (Å²) in [5.41, 5.74) is 1.59. The lowest BCUT2D eigenvalue weighted by molar-refractivity contribution is 0.0696. The normalized spacial score (nSPS) is 11.1. The smallest absolute Gasteiger partial charge is 0.337 e. The predicted molar refractivity (Wildman–Crippen MR) is 67.1 cm³/mol. The van der Waals surface area contributed by atoms with Gasteiger partial charge in [-0.15, -0.1) is 10.2 Å². The average molecular weight is 257 g/mol. The number of carboxylic acids is 1. The van der Waals surface area contributed by atoms with E-state index in [1.54, 1.807) is 10.5 Å².